The summed E-state index contributed by atoms with van der Waals surface area (Å²) in [6.07, 6.45) is 4.75. The maximum Gasteiger partial charge on any atom is 0.274 e. The van der Waals surface area contributed by atoms with Crippen LogP contribution in [0.4, 0.5) is 0 Å². The molecule has 3 heterocycles. The fraction of sp³-hybridized carbons (Fsp3) is 0.400. The molecule has 3 aromatic rings. The van der Waals surface area contributed by atoms with Crippen LogP contribution in [0, 0.1) is 5.92 Å². The molecular weight excluding hydrogens is 388 g/mol. The summed E-state index contributed by atoms with van der Waals surface area (Å²) < 4.78 is 1.72. The maximum atomic E-state index is 13.1. The number of imidazole rings is 1. The lowest BCUT2D eigenvalue weighted by Gasteiger charge is -2.20. The molecule has 0 saturated carbocycles. The Morgan fingerprint density at radius 1 is 1.03 bits per heavy atom. The minimum absolute atomic E-state index is 0.0615. The second-order valence-electron chi connectivity index (χ2n) is 8.71. The highest BCUT2D eigenvalue weighted by atomic mass is 16.2. The van der Waals surface area contributed by atoms with Gasteiger partial charge in [0.1, 0.15) is 17.0 Å². The molecule has 6 nitrogen and oxygen atoms in total. The maximum absolute atomic E-state index is 13.1. The first-order valence-corrected chi connectivity index (χ1v) is 11.1. The minimum atomic E-state index is -0.159. The molecule has 1 atom stereocenters. The third kappa shape index (κ3) is 4.79. The van der Waals surface area contributed by atoms with Gasteiger partial charge in [0.15, 0.2) is 0 Å². The van der Waals surface area contributed by atoms with Gasteiger partial charge < -0.3 is 10.2 Å². The number of likely N-dealkylation sites (tertiary alicyclic amines) is 1. The highest BCUT2D eigenvalue weighted by Crippen LogP contribution is 2.23. The van der Waals surface area contributed by atoms with Gasteiger partial charge in [-0.15, -0.1) is 0 Å². The van der Waals surface area contributed by atoms with Gasteiger partial charge in [-0.2, -0.15) is 0 Å². The lowest BCUT2D eigenvalue weighted by Crippen LogP contribution is -2.30. The topological polar surface area (TPSA) is 66.7 Å². The summed E-state index contributed by atoms with van der Waals surface area (Å²) >= 11 is 0. The van der Waals surface area contributed by atoms with E-state index >= 15 is 0 Å². The van der Waals surface area contributed by atoms with Gasteiger partial charge in [0.25, 0.3) is 11.8 Å². The van der Waals surface area contributed by atoms with Gasteiger partial charge in [0.2, 0.25) is 0 Å². The molecule has 4 rings (SSSR count). The van der Waals surface area contributed by atoms with Gasteiger partial charge in [0.05, 0.1) is 0 Å². The van der Waals surface area contributed by atoms with Gasteiger partial charge in [-0.05, 0) is 42.9 Å². The van der Waals surface area contributed by atoms with Crippen LogP contribution < -0.4 is 5.32 Å². The molecule has 1 aliphatic heterocycles. The number of hydrogen-bond donors (Lipinski definition) is 1. The number of benzene rings is 1. The Balaban J connectivity index is 1.52. The number of hydrogen-bond acceptors (Lipinski definition) is 3. The van der Waals surface area contributed by atoms with E-state index in [2.05, 4.69) is 36.3 Å². The molecule has 1 N–H and O–H groups in total. The summed E-state index contributed by atoms with van der Waals surface area (Å²) in [5.41, 5.74) is 2.72. The van der Waals surface area contributed by atoms with Crippen molar-refractivity contribution in [1.29, 1.82) is 0 Å². The van der Waals surface area contributed by atoms with Gasteiger partial charge in [-0.3, -0.25) is 14.0 Å². The molecule has 2 aromatic heterocycles. The minimum Gasteiger partial charge on any atom is -0.350 e. The first-order chi connectivity index (χ1) is 15.0. The quantitative estimate of drug-likeness (QED) is 0.627. The SMILES string of the molecule is CC(C)CC(CNC(=O)c1cccc2nc(C(=O)N3CCCC3)cn12)c1ccccc1. The van der Waals surface area contributed by atoms with Crippen molar-refractivity contribution < 1.29 is 9.59 Å². The first kappa shape index (κ1) is 21.1. The lowest BCUT2D eigenvalue weighted by atomic mass is 9.90. The number of carbonyl (C=O) groups excluding carboxylic acids is 2. The van der Waals surface area contributed by atoms with Crippen LogP contribution in [0.5, 0.6) is 0 Å². The summed E-state index contributed by atoms with van der Waals surface area (Å²) in [7, 11) is 0. The molecule has 0 spiro atoms. The molecule has 31 heavy (non-hydrogen) atoms. The van der Waals surface area contributed by atoms with Crippen LogP contribution in [0.3, 0.4) is 0 Å². The van der Waals surface area contributed by atoms with Crippen LogP contribution in [-0.2, 0) is 0 Å². The van der Waals surface area contributed by atoms with Crippen molar-refractivity contribution in [2.24, 2.45) is 5.92 Å². The average Bonchev–Trinajstić information content (AvgIpc) is 3.46. The average molecular weight is 419 g/mol. The molecule has 0 radical (unpaired) electrons. The Morgan fingerprint density at radius 2 is 1.77 bits per heavy atom. The van der Waals surface area contributed by atoms with Crippen molar-refractivity contribution in [2.45, 2.75) is 39.0 Å². The number of rotatable bonds is 7. The molecule has 2 amide bonds. The van der Waals surface area contributed by atoms with Crippen LogP contribution in [-0.4, -0.2) is 45.7 Å². The third-order valence-corrected chi connectivity index (χ3v) is 5.87. The fourth-order valence-corrected chi connectivity index (χ4v) is 4.32. The smallest absolute Gasteiger partial charge is 0.274 e. The van der Waals surface area contributed by atoms with Crippen LogP contribution in [0.25, 0.3) is 5.65 Å². The summed E-state index contributed by atoms with van der Waals surface area (Å²) in [6.45, 7) is 6.50. The summed E-state index contributed by atoms with van der Waals surface area (Å²) in [5.74, 6) is 0.555. The predicted molar refractivity (Wildman–Crippen MR) is 121 cm³/mol. The molecule has 0 bridgehead atoms. The van der Waals surface area contributed by atoms with E-state index in [9.17, 15) is 9.59 Å². The normalized spacial score (nSPS) is 14.9. The van der Waals surface area contributed by atoms with E-state index in [0.717, 1.165) is 32.4 Å². The third-order valence-electron chi connectivity index (χ3n) is 5.87. The highest BCUT2D eigenvalue weighted by molar-refractivity contribution is 5.95. The molecule has 1 fully saturated rings. The van der Waals surface area contributed by atoms with Gasteiger partial charge in [-0.25, -0.2) is 4.98 Å². The van der Waals surface area contributed by atoms with Crippen LogP contribution in [0.1, 0.15) is 65.6 Å². The van der Waals surface area contributed by atoms with E-state index in [1.165, 1.54) is 5.56 Å². The Bertz CT molecular complexity index is 1050. The Morgan fingerprint density at radius 3 is 2.48 bits per heavy atom. The molecule has 0 aliphatic carbocycles. The number of amides is 2. The van der Waals surface area contributed by atoms with Crippen molar-refractivity contribution in [2.75, 3.05) is 19.6 Å². The van der Waals surface area contributed by atoms with Crippen LogP contribution in [0.2, 0.25) is 0 Å². The summed E-state index contributed by atoms with van der Waals surface area (Å²) in [6, 6.07) is 15.7. The number of nitrogens with one attached hydrogen (secondary N) is 1. The predicted octanol–water partition coefficient (Wildman–Crippen LogP) is 4.13. The van der Waals surface area contributed by atoms with E-state index < -0.39 is 0 Å². The Labute approximate surface area is 183 Å². The number of carbonyl (C=O) groups is 2. The summed E-state index contributed by atoms with van der Waals surface area (Å²) in [5, 5.41) is 3.11. The van der Waals surface area contributed by atoms with Crippen LogP contribution in [0.15, 0.2) is 54.7 Å². The molecule has 162 valence electrons. The number of fused-ring (bicyclic) bond motifs is 1. The molecular formula is C25H30N4O2. The largest absolute Gasteiger partial charge is 0.350 e. The van der Waals surface area contributed by atoms with Crippen molar-refractivity contribution in [3.8, 4) is 0 Å². The molecule has 1 saturated heterocycles. The number of aromatic nitrogens is 2. The molecule has 6 heteroatoms. The summed E-state index contributed by atoms with van der Waals surface area (Å²) in [4.78, 5) is 32.1. The van der Waals surface area contributed by atoms with E-state index in [1.54, 1.807) is 16.7 Å². The Kier molecular flexibility index (Phi) is 6.35. The van der Waals surface area contributed by atoms with Gasteiger partial charge in [-0.1, -0.05) is 50.2 Å². The lowest BCUT2D eigenvalue weighted by molar-refractivity contribution is 0.0787. The molecule has 1 aromatic carbocycles. The second kappa shape index (κ2) is 9.33. The van der Waals surface area contributed by atoms with Crippen molar-refractivity contribution in [1.82, 2.24) is 19.6 Å². The first-order valence-electron chi connectivity index (χ1n) is 11.1. The molecule has 1 unspecified atom stereocenters. The van der Waals surface area contributed by atoms with Crippen LogP contribution >= 0.6 is 0 Å². The number of nitrogens with zero attached hydrogens (tertiary/aromatic N) is 3. The van der Waals surface area contributed by atoms with Gasteiger partial charge >= 0.3 is 0 Å². The monoisotopic (exact) mass is 418 g/mol. The van der Waals surface area contributed by atoms with Gasteiger partial charge in [0, 0.05) is 31.7 Å². The standard InChI is InChI=1S/C25H30N4O2/c1-18(2)15-20(19-9-4-3-5-10-19)16-26-24(30)22-11-8-12-23-27-21(17-29(22)23)25(31)28-13-6-7-14-28/h3-5,8-12,17-18,20H,6-7,13-16H2,1-2H3,(H,26,30). The van der Waals surface area contributed by atoms with Crippen molar-refractivity contribution in [3.05, 3.63) is 71.7 Å². The zero-order chi connectivity index (χ0) is 21.8. The van der Waals surface area contributed by atoms with Crippen molar-refractivity contribution >= 4 is 17.5 Å². The molecule has 1 aliphatic rings. The second-order valence-corrected chi connectivity index (χ2v) is 8.71. The fourth-order valence-electron chi connectivity index (χ4n) is 4.32. The zero-order valence-electron chi connectivity index (χ0n) is 18.3. The van der Waals surface area contributed by atoms with E-state index in [4.69, 9.17) is 0 Å². The Hall–Kier alpha value is -3.15. The highest BCUT2D eigenvalue weighted by Gasteiger charge is 2.23. The zero-order valence-corrected chi connectivity index (χ0v) is 18.3. The number of pyridine rings is 1. The van der Waals surface area contributed by atoms with E-state index in [0.29, 0.717) is 29.5 Å². The van der Waals surface area contributed by atoms with E-state index in [-0.39, 0.29) is 17.7 Å². The van der Waals surface area contributed by atoms with Crippen molar-refractivity contribution in [3.63, 3.8) is 0 Å². The van der Waals surface area contributed by atoms with E-state index in [1.807, 2.05) is 35.2 Å².